The van der Waals surface area contributed by atoms with Gasteiger partial charge in [0.2, 0.25) is 5.91 Å². The second-order valence-electron chi connectivity index (χ2n) is 6.06. The number of para-hydroxylation sites is 1. The van der Waals surface area contributed by atoms with Crippen molar-refractivity contribution >= 4 is 17.9 Å². The minimum Gasteiger partial charge on any atom is -0.496 e. The molecule has 134 valence electrons. The summed E-state index contributed by atoms with van der Waals surface area (Å²) in [6.45, 7) is 2.16. The molecule has 2 aromatic carbocycles. The minimum absolute atomic E-state index is 0.0160. The molecule has 0 aliphatic carbocycles. The number of methoxy groups -OCH3 is 1. The standard InChI is InChI=1S/C21H22N2O3/c1-26-19-10-6-5-7-17(19)11-12-20(24)22-13-15-23(16-14-22)21(25)18-8-3-2-4-9-18/h2-12H,13-16H2,1H3/b12-11+. The average molecular weight is 350 g/mol. The van der Waals surface area contributed by atoms with E-state index in [1.54, 1.807) is 29.1 Å². The molecule has 2 aromatic rings. The van der Waals surface area contributed by atoms with Crippen LogP contribution in [0.15, 0.2) is 60.7 Å². The highest BCUT2D eigenvalue weighted by atomic mass is 16.5. The van der Waals surface area contributed by atoms with E-state index < -0.39 is 0 Å². The molecule has 3 rings (SSSR count). The summed E-state index contributed by atoms with van der Waals surface area (Å²) >= 11 is 0. The molecule has 0 N–H and O–H groups in total. The maximum Gasteiger partial charge on any atom is 0.253 e. The summed E-state index contributed by atoms with van der Waals surface area (Å²) in [5.41, 5.74) is 1.55. The molecule has 0 radical (unpaired) electrons. The van der Waals surface area contributed by atoms with Gasteiger partial charge in [-0.1, -0.05) is 36.4 Å². The van der Waals surface area contributed by atoms with E-state index in [-0.39, 0.29) is 11.8 Å². The Morgan fingerprint density at radius 2 is 1.50 bits per heavy atom. The van der Waals surface area contributed by atoms with E-state index in [9.17, 15) is 9.59 Å². The summed E-state index contributed by atoms with van der Waals surface area (Å²) in [6, 6.07) is 16.8. The molecule has 1 saturated heterocycles. The lowest BCUT2D eigenvalue weighted by molar-refractivity contribution is -0.127. The second kappa shape index (κ2) is 8.34. The zero-order valence-electron chi connectivity index (χ0n) is 14.8. The minimum atomic E-state index is -0.0530. The van der Waals surface area contributed by atoms with Crippen LogP contribution in [-0.4, -0.2) is 54.9 Å². The summed E-state index contributed by atoms with van der Waals surface area (Å²) in [5.74, 6) is 0.694. The number of ether oxygens (including phenoxy) is 1. The SMILES string of the molecule is COc1ccccc1/C=C/C(=O)N1CCN(C(=O)c2ccccc2)CC1. The number of hydrogen-bond donors (Lipinski definition) is 0. The first kappa shape index (κ1) is 17.7. The molecule has 0 saturated carbocycles. The van der Waals surface area contributed by atoms with E-state index in [4.69, 9.17) is 4.74 Å². The molecule has 0 spiro atoms. The largest absolute Gasteiger partial charge is 0.496 e. The number of carbonyl (C=O) groups excluding carboxylic acids is 2. The maximum absolute atomic E-state index is 12.5. The van der Waals surface area contributed by atoms with Crippen LogP contribution < -0.4 is 4.74 Å². The van der Waals surface area contributed by atoms with E-state index in [2.05, 4.69) is 0 Å². The summed E-state index contributed by atoms with van der Waals surface area (Å²) in [7, 11) is 1.61. The quantitative estimate of drug-likeness (QED) is 0.797. The molecule has 0 unspecified atom stereocenters. The van der Waals surface area contributed by atoms with Gasteiger partial charge in [0, 0.05) is 43.4 Å². The summed E-state index contributed by atoms with van der Waals surface area (Å²) in [5, 5.41) is 0. The third-order valence-corrected chi connectivity index (χ3v) is 4.44. The van der Waals surface area contributed by atoms with E-state index in [0.29, 0.717) is 31.7 Å². The lowest BCUT2D eigenvalue weighted by Crippen LogP contribution is -2.50. The van der Waals surface area contributed by atoms with Gasteiger partial charge in [-0.3, -0.25) is 9.59 Å². The van der Waals surface area contributed by atoms with Gasteiger partial charge in [0.15, 0.2) is 0 Å². The lowest BCUT2D eigenvalue weighted by Gasteiger charge is -2.34. The van der Waals surface area contributed by atoms with E-state index in [1.165, 1.54) is 0 Å². The monoisotopic (exact) mass is 350 g/mol. The van der Waals surface area contributed by atoms with Crippen molar-refractivity contribution in [3.05, 3.63) is 71.8 Å². The molecule has 1 heterocycles. The van der Waals surface area contributed by atoms with E-state index in [0.717, 1.165) is 11.3 Å². The molecule has 5 heteroatoms. The van der Waals surface area contributed by atoms with Crippen LogP contribution in [0.2, 0.25) is 0 Å². The maximum atomic E-state index is 12.5. The average Bonchev–Trinajstić information content (AvgIpc) is 2.72. The van der Waals surface area contributed by atoms with Crippen LogP contribution in [0, 0.1) is 0 Å². The molecule has 1 aliphatic rings. The highest BCUT2D eigenvalue weighted by Gasteiger charge is 2.23. The number of piperazine rings is 1. The molecule has 0 atom stereocenters. The Balaban J connectivity index is 1.57. The highest BCUT2D eigenvalue weighted by molar-refractivity contribution is 5.95. The Labute approximate surface area is 153 Å². The molecular weight excluding hydrogens is 328 g/mol. The van der Waals surface area contributed by atoms with Crippen LogP contribution >= 0.6 is 0 Å². The molecule has 1 aliphatic heterocycles. The van der Waals surface area contributed by atoms with Gasteiger partial charge in [0.05, 0.1) is 7.11 Å². The normalized spacial score (nSPS) is 14.5. The fourth-order valence-electron chi connectivity index (χ4n) is 2.96. The van der Waals surface area contributed by atoms with Crippen LogP contribution in [0.25, 0.3) is 6.08 Å². The van der Waals surface area contributed by atoms with Crippen molar-refractivity contribution in [3.63, 3.8) is 0 Å². The highest BCUT2D eigenvalue weighted by Crippen LogP contribution is 2.19. The van der Waals surface area contributed by atoms with Crippen molar-refractivity contribution < 1.29 is 14.3 Å². The molecule has 2 amide bonds. The van der Waals surface area contributed by atoms with Crippen molar-refractivity contribution in [2.24, 2.45) is 0 Å². The van der Waals surface area contributed by atoms with Crippen LogP contribution in [-0.2, 0) is 4.79 Å². The summed E-state index contributed by atoms with van der Waals surface area (Å²) in [6.07, 6.45) is 3.33. The molecule has 26 heavy (non-hydrogen) atoms. The second-order valence-corrected chi connectivity index (χ2v) is 6.06. The third kappa shape index (κ3) is 4.11. The first-order valence-electron chi connectivity index (χ1n) is 8.63. The number of amides is 2. The van der Waals surface area contributed by atoms with Crippen LogP contribution in [0.3, 0.4) is 0 Å². The first-order valence-corrected chi connectivity index (χ1v) is 8.63. The van der Waals surface area contributed by atoms with Gasteiger partial charge in [-0.15, -0.1) is 0 Å². The Bertz CT molecular complexity index is 794. The van der Waals surface area contributed by atoms with Gasteiger partial charge >= 0.3 is 0 Å². The molecular formula is C21H22N2O3. The predicted octanol–water partition coefficient (Wildman–Crippen LogP) is 2.69. The van der Waals surface area contributed by atoms with Crippen molar-refractivity contribution in [1.29, 1.82) is 0 Å². The van der Waals surface area contributed by atoms with Crippen LogP contribution in [0.4, 0.5) is 0 Å². The predicted molar refractivity (Wildman–Crippen MR) is 101 cm³/mol. The first-order chi connectivity index (χ1) is 12.7. The molecule has 1 fully saturated rings. The van der Waals surface area contributed by atoms with Crippen molar-refractivity contribution in [1.82, 2.24) is 9.80 Å². The summed E-state index contributed by atoms with van der Waals surface area (Å²) < 4.78 is 5.29. The summed E-state index contributed by atoms with van der Waals surface area (Å²) in [4.78, 5) is 28.4. The van der Waals surface area contributed by atoms with Crippen molar-refractivity contribution in [2.45, 2.75) is 0 Å². The van der Waals surface area contributed by atoms with Gasteiger partial charge < -0.3 is 14.5 Å². The zero-order valence-corrected chi connectivity index (χ0v) is 14.8. The third-order valence-electron chi connectivity index (χ3n) is 4.44. The van der Waals surface area contributed by atoms with E-state index >= 15 is 0 Å². The number of hydrogen-bond acceptors (Lipinski definition) is 3. The fourth-order valence-corrected chi connectivity index (χ4v) is 2.96. The molecule has 5 nitrogen and oxygen atoms in total. The number of rotatable bonds is 4. The lowest BCUT2D eigenvalue weighted by atomic mass is 10.1. The van der Waals surface area contributed by atoms with Crippen molar-refractivity contribution in [3.8, 4) is 5.75 Å². The zero-order chi connectivity index (χ0) is 18.4. The number of benzene rings is 2. The van der Waals surface area contributed by atoms with Gasteiger partial charge in [-0.05, 0) is 24.3 Å². The number of nitrogens with zero attached hydrogens (tertiary/aromatic N) is 2. The Morgan fingerprint density at radius 1 is 0.885 bits per heavy atom. The molecule has 0 bridgehead atoms. The van der Waals surface area contributed by atoms with Gasteiger partial charge in [-0.2, -0.15) is 0 Å². The number of carbonyl (C=O) groups is 2. The Morgan fingerprint density at radius 3 is 2.19 bits per heavy atom. The topological polar surface area (TPSA) is 49.9 Å². The van der Waals surface area contributed by atoms with Gasteiger partial charge in [-0.25, -0.2) is 0 Å². The van der Waals surface area contributed by atoms with Crippen LogP contribution in [0.1, 0.15) is 15.9 Å². The van der Waals surface area contributed by atoms with Gasteiger partial charge in [0.1, 0.15) is 5.75 Å². The van der Waals surface area contributed by atoms with Crippen LogP contribution in [0.5, 0.6) is 5.75 Å². The Hall–Kier alpha value is -3.08. The van der Waals surface area contributed by atoms with Crippen molar-refractivity contribution in [2.75, 3.05) is 33.3 Å². The smallest absolute Gasteiger partial charge is 0.253 e. The Kier molecular flexibility index (Phi) is 5.69. The fraction of sp³-hybridized carbons (Fsp3) is 0.238. The van der Waals surface area contributed by atoms with Gasteiger partial charge in [0.25, 0.3) is 5.91 Å². The van der Waals surface area contributed by atoms with E-state index in [1.807, 2.05) is 54.6 Å². The molecule has 0 aromatic heterocycles.